The fourth-order valence-corrected chi connectivity index (χ4v) is 2.85. The second-order valence-electron chi connectivity index (χ2n) is 6.48. The molecule has 0 aromatic rings. The molecule has 1 N–H and O–H groups in total. The maximum atomic E-state index is 12.2. The van der Waals surface area contributed by atoms with Gasteiger partial charge in [0, 0.05) is 6.54 Å². The molecule has 0 radical (unpaired) electrons. The SMILES string of the molecule is C=C1/C=C\C(OC)=C/CNC(=O)C(CCCCC[C@@H]2CC2C)=N1. The number of rotatable bonds is 7. The lowest BCUT2D eigenvalue weighted by atomic mass is 10.1. The van der Waals surface area contributed by atoms with Crippen LogP contribution in [-0.4, -0.2) is 25.3 Å². The molecule has 0 saturated heterocycles. The lowest BCUT2D eigenvalue weighted by molar-refractivity contribution is -0.114. The summed E-state index contributed by atoms with van der Waals surface area (Å²) in [7, 11) is 1.60. The van der Waals surface area contributed by atoms with Gasteiger partial charge in [-0.15, -0.1) is 0 Å². The Balaban J connectivity index is 1.83. The van der Waals surface area contributed by atoms with E-state index in [0.717, 1.165) is 24.7 Å². The van der Waals surface area contributed by atoms with Crippen LogP contribution in [0.25, 0.3) is 0 Å². The summed E-state index contributed by atoms with van der Waals surface area (Å²) >= 11 is 0. The number of carbonyl (C=O) groups excluding carboxylic acids is 1. The van der Waals surface area contributed by atoms with Gasteiger partial charge in [-0.25, -0.2) is 4.99 Å². The summed E-state index contributed by atoms with van der Waals surface area (Å²) in [6.07, 6.45) is 12.3. The molecule has 1 aliphatic heterocycles. The van der Waals surface area contributed by atoms with Crippen molar-refractivity contribution in [2.24, 2.45) is 16.8 Å². The highest BCUT2D eigenvalue weighted by atomic mass is 16.5. The summed E-state index contributed by atoms with van der Waals surface area (Å²) in [6, 6.07) is 0. The minimum absolute atomic E-state index is 0.107. The Labute approximate surface area is 139 Å². The molecular formula is C19H28N2O2. The predicted octanol–water partition coefficient (Wildman–Crippen LogP) is 3.76. The number of nitrogens with one attached hydrogen (secondary N) is 1. The number of allylic oxidation sites excluding steroid dienone is 2. The number of methoxy groups -OCH3 is 1. The van der Waals surface area contributed by atoms with Crippen LogP contribution in [0, 0.1) is 11.8 Å². The van der Waals surface area contributed by atoms with Gasteiger partial charge in [-0.3, -0.25) is 4.79 Å². The van der Waals surface area contributed by atoms with E-state index in [1.807, 2.05) is 12.2 Å². The first-order chi connectivity index (χ1) is 11.1. The zero-order valence-electron chi connectivity index (χ0n) is 14.3. The predicted molar refractivity (Wildman–Crippen MR) is 94.2 cm³/mol. The van der Waals surface area contributed by atoms with Gasteiger partial charge in [0.25, 0.3) is 5.91 Å². The molecule has 126 valence electrons. The monoisotopic (exact) mass is 316 g/mol. The van der Waals surface area contributed by atoms with Crippen LogP contribution in [-0.2, 0) is 9.53 Å². The number of amides is 1. The molecule has 0 aromatic heterocycles. The van der Waals surface area contributed by atoms with Crippen LogP contribution in [0.1, 0.15) is 45.4 Å². The molecule has 2 atom stereocenters. The summed E-state index contributed by atoms with van der Waals surface area (Å²) in [5, 5.41) is 2.86. The summed E-state index contributed by atoms with van der Waals surface area (Å²) in [6.45, 7) is 6.66. The topological polar surface area (TPSA) is 50.7 Å². The molecule has 2 rings (SSSR count). The number of hydrogen-bond acceptors (Lipinski definition) is 3. The fraction of sp³-hybridized carbons (Fsp3) is 0.579. The van der Waals surface area contributed by atoms with Crippen LogP contribution in [0.5, 0.6) is 0 Å². The van der Waals surface area contributed by atoms with Gasteiger partial charge in [-0.2, -0.15) is 0 Å². The molecule has 23 heavy (non-hydrogen) atoms. The largest absolute Gasteiger partial charge is 0.497 e. The molecule has 1 aliphatic carbocycles. The van der Waals surface area contributed by atoms with Crippen molar-refractivity contribution in [2.45, 2.75) is 45.4 Å². The molecule has 4 heteroatoms. The second-order valence-corrected chi connectivity index (χ2v) is 6.48. The van der Waals surface area contributed by atoms with Crippen LogP contribution >= 0.6 is 0 Å². The quantitative estimate of drug-likeness (QED) is 0.727. The number of aliphatic imine (C=N–C) groups is 1. The molecule has 2 aliphatic rings. The van der Waals surface area contributed by atoms with E-state index >= 15 is 0 Å². The number of unbranched alkanes of at least 4 members (excludes halogenated alkanes) is 2. The Morgan fingerprint density at radius 3 is 2.83 bits per heavy atom. The average Bonchev–Trinajstić information content (AvgIpc) is 3.23. The van der Waals surface area contributed by atoms with Gasteiger partial charge < -0.3 is 10.1 Å². The van der Waals surface area contributed by atoms with Crippen LogP contribution in [0.15, 0.2) is 41.3 Å². The minimum Gasteiger partial charge on any atom is -0.497 e. The molecule has 1 amide bonds. The van der Waals surface area contributed by atoms with E-state index in [1.165, 1.54) is 19.3 Å². The maximum absolute atomic E-state index is 12.2. The minimum atomic E-state index is -0.107. The lowest BCUT2D eigenvalue weighted by Gasteiger charge is -2.09. The Morgan fingerprint density at radius 2 is 2.13 bits per heavy atom. The standard InChI is InChI=1S/C19H28N2O2/c1-14-13-16(14)7-5-4-6-8-18-19(22)20-12-11-17(23-3)10-9-15(2)21-18/h9-11,14,16H,2,4-8,12-13H2,1,3H3,(H,20,22)/b10-9-,17-11+,21-18?/t14?,16-/m1/s1. The third-order valence-corrected chi connectivity index (χ3v) is 4.55. The summed E-state index contributed by atoms with van der Waals surface area (Å²) in [5.74, 6) is 2.47. The van der Waals surface area contributed by atoms with Gasteiger partial charge in [-0.1, -0.05) is 32.8 Å². The average molecular weight is 316 g/mol. The van der Waals surface area contributed by atoms with E-state index in [0.29, 0.717) is 30.1 Å². The summed E-state index contributed by atoms with van der Waals surface area (Å²) < 4.78 is 5.19. The van der Waals surface area contributed by atoms with Crippen molar-refractivity contribution in [1.29, 1.82) is 0 Å². The van der Waals surface area contributed by atoms with Crippen molar-refractivity contribution < 1.29 is 9.53 Å². The zero-order chi connectivity index (χ0) is 16.7. The lowest BCUT2D eigenvalue weighted by Crippen LogP contribution is -2.31. The molecule has 1 fully saturated rings. The van der Waals surface area contributed by atoms with Gasteiger partial charge >= 0.3 is 0 Å². The number of nitrogens with zero attached hydrogens (tertiary/aromatic N) is 1. The fourth-order valence-electron chi connectivity index (χ4n) is 2.85. The molecule has 1 saturated carbocycles. The van der Waals surface area contributed by atoms with Crippen molar-refractivity contribution in [3.63, 3.8) is 0 Å². The highest BCUT2D eigenvalue weighted by Gasteiger charge is 2.31. The van der Waals surface area contributed by atoms with Crippen molar-refractivity contribution >= 4 is 11.6 Å². The van der Waals surface area contributed by atoms with Gasteiger partial charge in [0.2, 0.25) is 0 Å². The van der Waals surface area contributed by atoms with E-state index in [2.05, 4.69) is 23.8 Å². The van der Waals surface area contributed by atoms with Crippen molar-refractivity contribution in [3.8, 4) is 0 Å². The second kappa shape index (κ2) is 8.70. The highest BCUT2D eigenvalue weighted by molar-refractivity contribution is 6.39. The Morgan fingerprint density at radius 1 is 1.35 bits per heavy atom. The first-order valence-electron chi connectivity index (χ1n) is 8.57. The Bertz CT molecular complexity index is 531. The van der Waals surface area contributed by atoms with Crippen LogP contribution in [0.3, 0.4) is 0 Å². The van der Waals surface area contributed by atoms with E-state index < -0.39 is 0 Å². The van der Waals surface area contributed by atoms with Gasteiger partial charge in [0.15, 0.2) is 0 Å². The van der Waals surface area contributed by atoms with Crippen molar-refractivity contribution in [3.05, 3.63) is 36.3 Å². The molecule has 1 unspecified atom stereocenters. The number of hydrogen-bond donors (Lipinski definition) is 1. The third kappa shape index (κ3) is 6.05. The van der Waals surface area contributed by atoms with Crippen LogP contribution in [0.4, 0.5) is 0 Å². The van der Waals surface area contributed by atoms with E-state index in [1.54, 1.807) is 13.2 Å². The highest BCUT2D eigenvalue weighted by Crippen LogP contribution is 2.41. The van der Waals surface area contributed by atoms with E-state index in [9.17, 15) is 4.79 Å². The van der Waals surface area contributed by atoms with Gasteiger partial charge in [0.1, 0.15) is 11.5 Å². The molecular weight excluding hydrogens is 288 g/mol. The van der Waals surface area contributed by atoms with Crippen molar-refractivity contribution in [1.82, 2.24) is 5.32 Å². The van der Waals surface area contributed by atoms with E-state index in [-0.39, 0.29) is 5.91 Å². The number of ether oxygens (including phenoxy) is 1. The van der Waals surface area contributed by atoms with Crippen LogP contribution < -0.4 is 5.32 Å². The third-order valence-electron chi connectivity index (χ3n) is 4.55. The zero-order valence-corrected chi connectivity index (χ0v) is 14.3. The van der Waals surface area contributed by atoms with E-state index in [4.69, 9.17) is 4.74 Å². The number of carbonyl (C=O) groups is 1. The molecule has 4 nitrogen and oxygen atoms in total. The molecule has 0 spiro atoms. The molecule has 0 aromatic carbocycles. The Hall–Kier alpha value is -1.84. The maximum Gasteiger partial charge on any atom is 0.265 e. The smallest absolute Gasteiger partial charge is 0.265 e. The van der Waals surface area contributed by atoms with Gasteiger partial charge in [-0.05, 0) is 49.3 Å². The molecule has 0 bridgehead atoms. The van der Waals surface area contributed by atoms with Crippen molar-refractivity contribution in [2.75, 3.05) is 13.7 Å². The first kappa shape index (κ1) is 17.5. The van der Waals surface area contributed by atoms with Gasteiger partial charge in [0.05, 0.1) is 12.8 Å². The summed E-state index contributed by atoms with van der Waals surface area (Å²) in [5.41, 5.74) is 1.15. The normalized spacial score (nSPS) is 28.3. The summed E-state index contributed by atoms with van der Waals surface area (Å²) in [4.78, 5) is 16.6. The first-order valence-corrected chi connectivity index (χ1v) is 8.57. The molecule has 1 heterocycles. The van der Waals surface area contributed by atoms with Crippen LogP contribution in [0.2, 0.25) is 0 Å². The Kier molecular flexibility index (Phi) is 6.63.